The summed E-state index contributed by atoms with van der Waals surface area (Å²) < 4.78 is 0. The van der Waals surface area contributed by atoms with E-state index in [1.165, 1.54) is 12.5 Å². The zero-order chi connectivity index (χ0) is 9.68. The van der Waals surface area contributed by atoms with Crippen molar-refractivity contribution in [2.24, 2.45) is 5.73 Å². The summed E-state index contributed by atoms with van der Waals surface area (Å²) in [6.07, 6.45) is 0. The van der Waals surface area contributed by atoms with Crippen LogP contribution in [0, 0.1) is 0 Å². The van der Waals surface area contributed by atoms with Crippen molar-refractivity contribution in [3.05, 3.63) is 22.4 Å². The minimum Gasteiger partial charge on any atom is -0.356 e. The first kappa shape index (κ1) is 10.2. The van der Waals surface area contributed by atoms with Crippen LogP contribution in [0.3, 0.4) is 0 Å². The molecule has 72 valence electrons. The number of nitrogens with two attached hydrogens (primary N) is 1. The third-order valence-corrected chi connectivity index (χ3v) is 2.60. The lowest BCUT2D eigenvalue weighted by molar-refractivity contribution is -0.119. The van der Waals surface area contributed by atoms with Gasteiger partial charge in [-0.25, -0.2) is 0 Å². The minimum atomic E-state index is -0.00585. The van der Waals surface area contributed by atoms with Gasteiger partial charge in [-0.15, -0.1) is 0 Å². The van der Waals surface area contributed by atoms with Gasteiger partial charge in [0.2, 0.25) is 5.91 Å². The molecular weight excluding hydrogens is 184 g/mol. The summed E-state index contributed by atoms with van der Waals surface area (Å²) in [4.78, 5) is 10.7. The van der Waals surface area contributed by atoms with Crippen LogP contribution in [-0.4, -0.2) is 19.0 Å². The van der Waals surface area contributed by atoms with Crippen molar-refractivity contribution in [3.63, 3.8) is 0 Å². The van der Waals surface area contributed by atoms with Gasteiger partial charge in [0.05, 0.1) is 0 Å². The zero-order valence-corrected chi connectivity index (χ0v) is 8.43. The summed E-state index contributed by atoms with van der Waals surface area (Å²) in [6.45, 7) is 2.71. The van der Waals surface area contributed by atoms with E-state index in [2.05, 4.69) is 10.7 Å². The average molecular weight is 198 g/mol. The maximum absolute atomic E-state index is 10.7. The van der Waals surface area contributed by atoms with Crippen LogP contribution in [0.5, 0.6) is 0 Å². The number of hydrogen-bond acceptors (Lipinski definition) is 3. The van der Waals surface area contributed by atoms with E-state index in [0.717, 1.165) is 0 Å². The molecule has 1 atom stereocenters. The molecule has 0 fully saturated rings. The van der Waals surface area contributed by atoms with Crippen LogP contribution in [0.25, 0.3) is 0 Å². The third kappa shape index (κ3) is 3.16. The van der Waals surface area contributed by atoms with E-state index in [1.807, 2.05) is 11.4 Å². The van der Waals surface area contributed by atoms with Gasteiger partial charge in [0.25, 0.3) is 0 Å². The van der Waals surface area contributed by atoms with Crippen molar-refractivity contribution in [3.8, 4) is 0 Å². The molecule has 3 N–H and O–H groups in total. The van der Waals surface area contributed by atoms with E-state index in [4.69, 9.17) is 5.73 Å². The highest BCUT2D eigenvalue weighted by Crippen LogP contribution is 2.16. The van der Waals surface area contributed by atoms with Crippen molar-refractivity contribution in [1.82, 2.24) is 5.32 Å². The Balaban J connectivity index is 2.49. The second kappa shape index (κ2) is 4.99. The van der Waals surface area contributed by atoms with Gasteiger partial charge in [-0.3, -0.25) is 4.79 Å². The lowest BCUT2D eigenvalue weighted by Crippen LogP contribution is -2.29. The largest absolute Gasteiger partial charge is 0.356 e. The predicted octanol–water partition coefficient (Wildman–Crippen LogP) is 0.927. The average Bonchev–Trinajstić information content (AvgIpc) is 2.58. The second-order valence-electron chi connectivity index (χ2n) is 2.93. The molecule has 0 saturated carbocycles. The maximum atomic E-state index is 10.7. The van der Waals surface area contributed by atoms with Crippen LogP contribution in [0.2, 0.25) is 0 Å². The summed E-state index contributed by atoms with van der Waals surface area (Å²) in [6, 6.07) is 2.05. The molecule has 0 aliphatic rings. The van der Waals surface area contributed by atoms with Gasteiger partial charge >= 0.3 is 0 Å². The van der Waals surface area contributed by atoms with Crippen molar-refractivity contribution in [2.75, 3.05) is 13.1 Å². The first-order chi connectivity index (χ1) is 6.24. The summed E-state index contributed by atoms with van der Waals surface area (Å²) in [7, 11) is 0. The monoisotopic (exact) mass is 198 g/mol. The van der Waals surface area contributed by atoms with Crippen molar-refractivity contribution < 1.29 is 4.79 Å². The SMILES string of the molecule is CC(=O)NCC(CN)c1ccsc1. The zero-order valence-electron chi connectivity index (χ0n) is 7.62. The van der Waals surface area contributed by atoms with Crippen molar-refractivity contribution in [1.29, 1.82) is 0 Å². The van der Waals surface area contributed by atoms with Crippen LogP contribution >= 0.6 is 11.3 Å². The molecule has 0 aromatic carbocycles. The van der Waals surface area contributed by atoms with Crippen LogP contribution in [-0.2, 0) is 4.79 Å². The Morgan fingerprint density at radius 2 is 2.54 bits per heavy atom. The number of hydrogen-bond donors (Lipinski definition) is 2. The van der Waals surface area contributed by atoms with Crippen molar-refractivity contribution >= 4 is 17.2 Å². The Bertz CT molecular complexity index is 259. The quantitative estimate of drug-likeness (QED) is 0.756. The van der Waals surface area contributed by atoms with Gasteiger partial charge in [0.1, 0.15) is 0 Å². The smallest absolute Gasteiger partial charge is 0.216 e. The molecule has 0 spiro atoms. The summed E-state index contributed by atoms with van der Waals surface area (Å²) >= 11 is 1.65. The van der Waals surface area contributed by atoms with Gasteiger partial charge < -0.3 is 11.1 Å². The van der Waals surface area contributed by atoms with E-state index in [1.54, 1.807) is 11.3 Å². The van der Waals surface area contributed by atoms with Crippen molar-refractivity contribution in [2.45, 2.75) is 12.8 Å². The summed E-state index contributed by atoms with van der Waals surface area (Å²) in [5.41, 5.74) is 6.81. The van der Waals surface area contributed by atoms with Gasteiger partial charge in [0, 0.05) is 25.9 Å². The topological polar surface area (TPSA) is 55.1 Å². The lowest BCUT2D eigenvalue weighted by Gasteiger charge is -2.13. The van der Waals surface area contributed by atoms with Gasteiger partial charge in [0.15, 0.2) is 0 Å². The lowest BCUT2D eigenvalue weighted by atomic mass is 10.0. The second-order valence-corrected chi connectivity index (χ2v) is 3.71. The molecule has 13 heavy (non-hydrogen) atoms. The Kier molecular flexibility index (Phi) is 3.92. The van der Waals surface area contributed by atoms with E-state index >= 15 is 0 Å². The van der Waals surface area contributed by atoms with Gasteiger partial charge in [-0.2, -0.15) is 11.3 Å². The van der Waals surface area contributed by atoms with Crippen LogP contribution < -0.4 is 11.1 Å². The van der Waals surface area contributed by atoms with Crippen LogP contribution in [0.15, 0.2) is 16.8 Å². The molecule has 0 aliphatic heterocycles. The molecule has 1 aromatic rings. The van der Waals surface area contributed by atoms with E-state index in [-0.39, 0.29) is 11.8 Å². The molecule has 0 radical (unpaired) electrons. The standard InChI is InChI=1S/C9H14N2OS/c1-7(12)11-5-9(4-10)8-2-3-13-6-8/h2-3,6,9H,4-5,10H2,1H3,(H,11,12). The first-order valence-corrected chi connectivity index (χ1v) is 5.15. The molecule has 1 heterocycles. The Morgan fingerprint density at radius 1 is 1.77 bits per heavy atom. The highest BCUT2D eigenvalue weighted by molar-refractivity contribution is 7.07. The predicted molar refractivity (Wildman–Crippen MR) is 54.8 cm³/mol. The fourth-order valence-electron chi connectivity index (χ4n) is 1.11. The number of carbonyl (C=O) groups excluding carboxylic acids is 1. The fourth-order valence-corrected chi connectivity index (χ4v) is 1.85. The molecule has 1 aromatic heterocycles. The Labute approximate surface area is 81.9 Å². The number of carbonyl (C=O) groups is 1. The number of amides is 1. The molecule has 0 bridgehead atoms. The number of nitrogens with one attached hydrogen (secondary N) is 1. The highest BCUT2D eigenvalue weighted by atomic mass is 32.1. The minimum absolute atomic E-state index is 0.00585. The maximum Gasteiger partial charge on any atom is 0.216 e. The molecule has 0 saturated heterocycles. The molecule has 1 amide bonds. The normalized spacial score (nSPS) is 12.5. The summed E-state index contributed by atoms with van der Waals surface area (Å²) in [5.74, 6) is 0.240. The number of thiophene rings is 1. The molecule has 4 heteroatoms. The van der Waals surface area contributed by atoms with Gasteiger partial charge in [-0.1, -0.05) is 0 Å². The number of rotatable bonds is 4. The van der Waals surface area contributed by atoms with E-state index < -0.39 is 0 Å². The fraction of sp³-hybridized carbons (Fsp3) is 0.444. The van der Waals surface area contributed by atoms with E-state index in [0.29, 0.717) is 13.1 Å². The molecule has 1 unspecified atom stereocenters. The summed E-state index contributed by atoms with van der Waals surface area (Å²) in [5, 5.41) is 6.86. The van der Waals surface area contributed by atoms with Gasteiger partial charge in [-0.05, 0) is 22.4 Å². The molecule has 3 nitrogen and oxygen atoms in total. The van der Waals surface area contributed by atoms with Crippen LogP contribution in [0.1, 0.15) is 18.4 Å². The Hall–Kier alpha value is -0.870. The van der Waals surface area contributed by atoms with Crippen LogP contribution in [0.4, 0.5) is 0 Å². The first-order valence-electron chi connectivity index (χ1n) is 4.20. The van der Waals surface area contributed by atoms with E-state index in [9.17, 15) is 4.79 Å². The molecule has 0 aliphatic carbocycles. The third-order valence-electron chi connectivity index (χ3n) is 1.90. The molecular formula is C9H14N2OS. The molecule has 1 rings (SSSR count). The highest BCUT2D eigenvalue weighted by Gasteiger charge is 2.09. The Morgan fingerprint density at radius 3 is 3.00 bits per heavy atom.